The molecule has 0 saturated heterocycles. The van der Waals surface area contributed by atoms with Crippen molar-refractivity contribution < 1.29 is 18.5 Å². The van der Waals surface area contributed by atoms with Crippen molar-refractivity contribution in [2.75, 3.05) is 19.8 Å². The number of carbonyl (C=O) groups is 1. The molecule has 3 aromatic rings. The Hall–Kier alpha value is -2.67. The maximum absolute atomic E-state index is 12.7. The second-order valence-corrected chi connectivity index (χ2v) is 6.61. The van der Waals surface area contributed by atoms with Crippen molar-refractivity contribution in [3.05, 3.63) is 35.7 Å². The fourth-order valence-electron chi connectivity index (χ4n) is 2.83. The zero-order valence-electron chi connectivity index (χ0n) is 14.7. The van der Waals surface area contributed by atoms with Crippen molar-refractivity contribution in [1.29, 1.82) is 0 Å². The maximum Gasteiger partial charge on any atom is 0.259 e. The SMILES string of the molecule is Cc1noc2nc(-c3ccco3)cc(C(=O)NCCCOCC3CC3)c12. The molecule has 1 aliphatic rings. The number of nitrogens with one attached hydrogen (secondary N) is 1. The Bertz CT molecular complexity index is 897. The van der Waals surface area contributed by atoms with E-state index in [1.54, 1.807) is 31.4 Å². The van der Waals surface area contributed by atoms with Crippen molar-refractivity contribution in [3.8, 4) is 11.5 Å². The summed E-state index contributed by atoms with van der Waals surface area (Å²) in [4.78, 5) is 17.1. The van der Waals surface area contributed by atoms with E-state index in [2.05, 4.69) is 15.5 Å². The molecule has 0 aliphatic heterocycles. The summed E-state index contributed by atoms with van der Waals surface area (Å²) in [6.07, 6.45) is 4.91. The molecule has 1 saturated carbocycles. The molecule has 26 heavy (non-hydrogen) atoms. The minimum absolute atomic E-state index is 0.182. The lowest BCUT2D eigenvalue weighted by Gasteiger charge is -2.08. The van der Waals surface area contributed by atoms with Gasteiger partial charge >= 0.3 is 0 Å². The van der Waals surface area contributed by atoms with E-state index in [4.69, 9.17) is 13.7 Å². The number of fused-ring (bicyclic) bond motifs is 1. The lowest BCUT2D eigenvalue weighted by molar-refractivity contribution is 0.0939. The topological polar surface area (TPSA) is 90.4 Å². The van der Waals surface area contributed by atoms with Crippen LogP contribution in [-0.4, -0.2) is 35.8 Å². The Morgan fingerprint density at radius 1 is 1.42 bits per heavy atom. The smallest absolute Gasteiger partial charge is 0.259 e. The van der Waals surface area contributed by atoms with Gasteiger partial charge in [0, 0.05) is 19.8 Å². The van der Waals surface area contributed by atoms with Gasteiger partial charge in [0.1, 0.15) is 5.69 Å². The normalized spacial score (nSPS) is 14.0. The molecule has 0 radical (unpaired) electrons. The quantitative estimate of drug-likeness (QED) is 0.623. The average molecular weight is 355 g/mol. The van der Waals surface area contributed by atoms with E-state index in [1.807, 2.05) is 0 Å². The lowest BCUT2D eigenvalue weighted by Crippen LogP contribution is -2.25. The van der Waals surface area contributed by atoms with E-state index in [-0.39, 0.29) is 5.91 Å². The molecule has 0 unspecified atom stereocenters. The summed E-state index contributed by atoms with van der Waals surface area (Å²) in [5.74, 6) is 1.15. The molecule has 0 atom stereocenters. The average Bonchev–Trinajstić information content (AvgIpc) is 3.15. The number of rotatable bonds is 8. The van der Waals surface area contributed by atoms with Gasteiger partial charge in [-0.15, -0.1) is 0 Å². The molecule has 0 spiro atoms. The van der Waals surface area contributed by atoms with Crippen LogP contribution in [0.25, 0.3) is 22.6 Å². The van der Waals surface area contributed by atoms with E-state index in [9.17, 15) is 4.79 Å². The summed E-state index contributed by atoms with van der Waals surface area (Å²) in [5.41, 5.74) is 1.99. The third-order valence-corrected chi connectivity index (χ3v) is 4.44. The highest BCUT2D eigenvalue weighted by atomic mass is 16.5. The Balaban J connectivity index is 1.46. The van der Waals surface area contributed by atoms with Gasteiger partial charge in [-0.25, -0.2) is 4.98 Å². The van der Waals surface area contributed by atoms with Gasteiger partial charge in [0.2, 0.25) is 0 Å². The first kappa shape index (κ1) is 16.8. The number of carbonyl (C=O) groups excluding carboxylic acids is 1. The largest absolute Gasteiger partial charge is 0.463 e. The van der Waals surface area contributed by atoms with Crippen LogP contribution in [0.4, 0.5) is 0 Å². The Morgan fingerprint density at radius 2 is 2.31 bits per heavy atom. The molecular weight excluding hydrogens is 334 g/mol. The maximum atomic E-state index is 12.7. The molecule has 136 valence electrons. The van der Waals surface area contributed by atoms with E-state index in [1.165, 1.54) is 12.8 Å². The first-order valence-electron chi connectivity index (χ1n) is 8.89. The van der Waals surface area contributed by atoms with Crippen molar-refractivity contribution >= 4 is 17.0 Å². The highest BCUT2D eigenvalue weighted by Crippen LogP contribution is 2.29. The Morgan fingerprint density at radius 3 is 3.08 bits per heavy atom. The first-order chi connectivity index (χ1) is 12.7. The van der Waals surface area contributed by atoms with E-state index in [0.717, 1.165) is 18.9 Å². The third-order valence-electron chi connectivity index (χ3n) is 4.44. The minimum atomic E-state index is -0.182. The lowest BCUT2D eigenvalue weighted by atomic mass is 10.1. The number of hydrogen-bond donors (Lipinski definition) is 1. The van der Waals surface area contributed by atoms with Crippen molar-refractivity contribution in [2.45, 2.75) is 26.2 Å². The van der Waals surface area contributed by atoms with E-state index < -0.39 is 0 Å². The van der Waals surface area contributed by atoms with E-state index >= 15 is 0 Å². The van der Waals surface area contributed by atoms with Gasteiger partial charge in [0.15, 0.2) is 5.76 Å². The summed E-state index contributed by atoms with van der Waals surface area (Å²) in [6.45, 7) is 3.84. The van der Waals surface area contributed by atoms with Crippen LogP contribution in [0.1, 0.15) is 35.3 Å². The van der Waals surface area contributed by atoms with Crippen LogP contribution in [0, 0.1) is 12.8 Å². The second kappa shape index (κ2) is 7.29. The molecule has 1 N–H and O–H groups in total. The van der Waals surface area contributed by atoms with Gasteiger partial charge < -0.3 is 19.0 Å². The van der Waals surface area contributed by atoms with Gasteiger partial charge in [-0.3, -0.25) is 4.79 Å². The summed E-state index contributed by atoms with van der Waals surface area (Å²) in [5, 5.41) is 7.50. The minimum Gasteiger partial charge on any atom is -0.463 e. The molecule has 1 fully saturated rings. The van der Waals surface area contributed by atoms with E-state index in [0.29, 0.717) is 47.0 Å². The summed E-state index contributed by atoms with van der Waals surface area (Å²) >= 11 is 0. The molecule has 7 heteroatoms. The standard InChI is InChI=1S/C19H21N3O4/c1-12-17-14(18(23)20-7-3-8-24-11-13-5-6-13)10-15(16-4-2-9-25-16)21-19(17)26-22-12/h2,4,9-10,13H,3,5-8,11H2,1H3,(H,20,23). The molecule has 7 nitrogen and oxygen atoms in total. The number of aromatic nitrogens is 2. The zero-order valence-corrected chi connectivity index (χ0v) is 14.7. The molecule has 3 heterocycles. The number of hydrogen-bond acceptors (Lipinski definition) is 6. The predicted octanol–water partition coefficient (Wildman–Crippen LogP) is 3.34. The highest BCUT2D eigenvalue weighted by molar-refractivity contribution is 6.06. The number of pyridine rings is 1. The molecular formula is C19H21N3O4. The zero-order chi connectivity index (χ0) is 17.9. The fraction of sp³-hybridized carbons (Fsp3) is 0.421. The van der Waals surface area contributed by atoms with Crippen LogP contribution in [0.5, 0.6) is 0 Å². The number of amides is 1. The summed E-state index contributed by atoms with van der Waals surface area (Å²) in [7, 11) is 0. The van der Waals surface area contributed by atoms with Crippen LogP contribution in [0.2, 0.25) is 0 Å². The Kier molecular flexibility index (Phi) is 4.71. The van der Waals surface area contributed by atoms with Gasteiger partial charge in [-0.1, -0.05) is 5.16 Å². The van der Waals surface area contributed by atoms with Crippen LogP contribution >= 0.6 is 0 Å². The van der Waals surface area contributed by atoms with Gasteiger partial charge in [0.25, 0.3) is 11.6 Å². The van der Waals surface area contributed by atoms with Crippen LogP contribution in [0.3, 0.4) is 0 Å². The number of furan rings is 1. The molecule has 0 aromatic carbocycles. The van der Waals surface area contributed by atoms with Gasteiger partial charge in [-0.05, 0) is 50.3 Å². The highest BCUT2D eigenvalue weighted by Gasteiger charge is 2.21. The molecule has 1 aliphatic carbocycles. The summed E-state index contributed by atoms with van der Waals surface area (Å²) in [6, 6.07) is 5.27. The Labute approximate surface area is 150 Å². The fourth-order valence-corrected chi connectivity index (χ4v) is 2.83. The number of aryl methyl sites for hydroxylation is 1. The third kappa shape index (κ3) is 3.62. The molecule has 4 rings (SSSR count). The van der Waals surface area contributed by atoms with Gasteiger partial charge in [0.05, 0.1) is 22.9 Å². The first-order valence-corrected chi connectivity index (χ1v) is 8.89. The van der Waals surface area contributed by atoms with Crippen LogP contribution < -0.4 is 5.32 Å². The van der Waals surface area contributed by atoms with Crippen LogP contribution in [0.15, 0.2) is 33.4 Å². The van der Waals surface area contributed by atoms with Crippen LogP contribution in [-0.2, 0) is 4.74 Å². The number of nitrogens with zero attached hydrogens (tertiary/aromatic N) is 2. The monoisotopic (exact) mass is 355 g/mol. The summed E-state index contributed by atoms with van der Waals surface area (Å²) < 4.78 is 16.2. The molecule has 0 bridgehead atoms. The van der Waals surface area contributed by atoms with Gasteiger partial charge in [-0.2, -0.15) is 0 Å². The number of ether oxygens (including phenoxy) is 1. The second-order valence-electron chi connectivity index (χ2n) is 6.61. The predicted molar refractivity (Wildman–Crippen MR) is 94.7 cm³/mol. The van der Waals surface area contributed by atoms with Crippen molar-refractivity contribution in [2.24, 2.45) is 5.92 Å². The molecule has 1 amide bonds. The van der Waals surface area contributed by atoms with Crippen molar-refractivity contribution in [1.82, 2.24) is 15.5 Å². The van der Waals surface area contributed by atoms with Crippen molar-refractivity contribution in [3.63, 3.8) is 0 Å². The molecule has 3 aromatic heterocycles.